The van der Waals surface area contributed by atoms with Crippen LogP contribution in [0, 0.1) is 6.92 Å². The SMILES string of the molecule is Cc1c(C(=O)NC2CCN(C(=O)c3ccco3)CC2)cnn1-c1ccc(C(F)(F)F)cn1. The van der Waals surface area contributed by atoms with Crippen LogP contribution in [-0.2, 0) is 6.18 Å². The second-order valence-corrected chi connectivity index (χ2v) is 7.48. The lowest BCUT2D eigenvalue weighted by Crippen LogP contribution is -2.46. The molecule has 0 aromatic carbocycles. The maximum Gasteiger partial charge on any atom is 0.417 e. The minimum atomic E-state index is -4.48. The molecule has 1 N–H and O–H groups in total. The number of hydrogen-bond donors (Lipinski definition) is 1. The fraction of sp³-hybridized carbons (Fsp3) is 0.333. The minimum absolute atomic E-state index is 0.116. The van der Waals surface area contributed by atoms with E-state index >= 15 is 0 Å². The molecule has 4 rings (SSSR count). The summed E-state index contributed by atoms with van der Waals surface area (Å²) in [6.07, 6.45) is 0.238. The number of amides is 2. The Labute approximate surface area is 181 Å². The normalized spacial score (nSPS) is 15.1. The maximum atomic E-state index is 12.7. The molecule has 1 fully saturated rings. The molecular formula is C21H20F3N5O3. The Morgan fingerprint density at radius 2 is 1.91 bits per heavy atom. The first kappa shape index (κ1) is 21.6. The highest BCUT2D eigenvalue weighted by atomic mass is 19.4. The first-order chi connectivity index (χ1) is 15.2. The van der Waals surface area contributed by atoms with Crippen molar-refractivity contribution in [2.24, 2.45) is 0 Å². The van der Waals surface area contributed by atoms with Gasteiger partial charge in [0.25, 0.3) is 11.8 Å². The van der Waals surface area contributed by atoms with Crippen LogP contribution in [0.4, 0.5) is 13.2 Å². The number of nitrogens with zero attached hydrogens (tertiary/aromatic N) is 4. The van der Waals surface area contributed by atoms with Crippen molar-refractivity contribution in [2.75, 3.05) is 13.1 Å². The number of alkyl halides is 3. The van der Waals surface area contributed by atoms with E-state index in [0.717, 1.165) is 12.3 Å². The summed E-state index contributed by atoms with van der Waals surface area (Å²) in [6, 6.07) is 5.28. The van der Waals surface area contributed by atoms with Gasteiger partial charge in [-0.3, -0.25) is 9.59 Å². The lowest BCUT2D eigenvalue weighted by Gasteiger charge is -2.31. The van der Waals surface area contributed by atoms with Gasteiger partial charge in [-0.1, -0.05) is 0 Å². The van der Waals surface area contributed by atoms with E-state index in [1.807, 2.05) is 0 Å². The van der Waals surface area contributed by atoms with Gasteiger partial charge in [-0.25, -0.2) is 9.67 Å². The average Bonchev–Trinajstić information content (AvgIpc) is 3.43. The molecule has 1 aliphatic rings. The van der Waals surface area contributed by atoms with E-state index in [9.17, 15) is 22.8 Å². The second-order valence-electron chi connectivity index (χ2n) is 7.48. The topological polar surface area (TPSA) is 93.3 Å². The molecule has 0 bridgehead atoms. The van der Waals surface area contributed by atoms with Crippen LogP contribution in [0.1, 0.15) is 45.0 Å². The number of pyridine rings is 1. The molecule has 0 unspecified atom stereocenters. The van der Waals surface area contributed by atoms with Crippen LogP contribution in [0.5, 0.6) is 0 Å². The molecule has 8 nitrogen and oxygen atoms in total. The van der Waals surface area contributed by atoms with Crippen LogP contribution in [0.15, 0.2) is 47.3 Å². The van der Waals surface area contributed by atoms with Crippen molar-refractivity contribution in [2.45, 2.75) is 32.0 Å². The number of rotatable bonds is 4. The standard InChI is InChI=1S/C21H20F3N5O3/c1-13-16(12-26-29(13)18-5-4-14(11-25-18)21(22,23)24)19(30)27-15-6-8-28(9-7-15)20(31)17-3-2-10-32-17/h2-5,10-12,15H,6-9H2,1H3,(H,27,30). The summed E-state index contributed by atoms with van der Waals surface area (Å²) in [5.74, 6) is -0.0518. The molecular weight excluding hydrogens is 427 g/mol. The van der Waals surface area contributed by atoms with Crippen LogP contribution >= 0.6 is 0 Å². The number of aromatic nitrogens is 3. The monoisotopic (exact) mass is 447 g/mol. The van der Waals surface area contributed by atoms with E-state index in [2.05, 4.69) is 15.4 Å². The van der Waals surface area contributed by atoms with Gasteiger partial charge in [-0.15, -0.1) is 0 Å². The fourth-order valence-corrected chi connectivity index (χ4v) is 3.59. The highest BCUT2D eigenvalue weighted by Crippen LogP contribution is 2.29. The number of furan rings is 1. The molecule has 4 heterocycles. The number of piperidine rings is 1. The molecule has 2 amide bonds. The summed E-state index contributed by atoms with van der Waals surface area (Å²) in [4.78, 5) is 30.6. The Morgan fingerprint density at radius 3 is 2.50 bits per heavy atom. The van der Waals surface area contributed by atoms with Crippen LogP contribution < -0.4 is 5.32 Å². The van der Waals surface area contributed by atoms with E-state index in [0.29, 0.717) is 37.2 Å². The zero-order chi connectivity index (χ0) is 22.9. The van der Waals surface area contributed by atoms with Gasteiger partial charge in [0.2, 0.25) is 0 Å². The average molecular weight is 447 g/mol. The van der Waals surface area contributed by atoms with Crippen molar-refractivity contribution in [3.05, 3.63) is 65.5 Å². The smallest absolute Gasteiger partial charge is 0.417 e. The zero-order valence-corrected chi connectivity index (χ0v) is 17.1. The molecule has 3 aromatic rings. The van der Waals surface area contributed by atoms with E-state index in [-0.39, 0.29) is 29.4 Å². The predicted octanol–water partition coefficient (Wildman–Crippen LogP) is 3.22. The molecule has 0 radical (unpaired) electrons. The van der Waals surface area contributed by atoms with E-state index in [1.54, 1.807) is 24.0 Å². The Hall–Kier alpha value is -3.63. The number of carbonyl (C=O) groups is 2. The van der Waals surface area contributed by atoms with Gasteiger partial charge in [0.15, 0.2) is 11.6 Å². The quantitative estimate of drug-likeness (QED) is 0.663. The van der Waals surface area contributed by atoms with E-state index < -0.39 is 11.7 Å². The Morgan fingerprint density at radius 1 is 1.16 bits per heavy atom. The highest BCUT2D eigenvalue weighted by molar-refractivity contribution is 5.95. The molecule has 1 aliphatic heterocycles. The summed E-state index contributed by atoms with van der Waals surface area (Å²) in [6.45, 7) is 2.61. The number of hydrogen-bond acceptors (Lipinski definition) is 5. The third-order valence-electron chi connectivity index (χ3n) is 5.40. The van der Waals surface area contributed by atoms with Crippen molar-refractivity contribution in [3.63, 3.8) is 0 Å². The van der Waals surface area contributed by atoms with Crippen LogP contribution in [0.3, 0.4) is 0 Å². The molecule has 0 aliphatic carbocycles. The minimum Gasteiger partial charge on any atom is -0.459 e. The van der Waals surface area contributed by atoms with E-state index in [1.165, 1.54) is 23.2 Å². The summed E-state index contributed by atoms with van der Waals surface area (Å²) in [5, 5.41) is 7.05. The van der Waals surface area contributed by atoms with Crippen molar-refractivity contribution < 1.29 is 27.2 Å². The van der Waals surface area contributed by atoms with Gasteiger partial charge in [0.1, 0.15) is 0 Å². The number of carbonyl (C=O) groups excluding carboxylic acids is 2. The predicted molar refractivity (Wildman–Crippen MR) is 106 cm³/mol. The number of nitrogens with one attached hydrogen (secondary N) is 1. The second kappa shape index (κ2) is 8.48. The first-order valence-electron chi connectivity index (χ1n) is 9.96. The zero-order valence-electron chi connectivity index (χ0n) is 17.1. The lowest BCUT2D eigenvalue weighted by atomic mass is 10.0. The first-order valence-corrected chi connectivity index (χ1v) is 9.96. The summed E-state index contributed by atoms with van der Waals surface area (Å²) < 4.78 is 44.7. The molecule has 32 heavy (non-hydrogen) atoms. The van der Waals surface area contributed by atoms with Gasteiger partial charge >= 0.3 is 6.18 Å². The van der Waals surface area contributed by atoms with Gasteiger partial charge in [-0.2, -0.15) is 18.3 Å². The van der Waals surface area contributed by atoms with Crippen LogP contribution in [0.25, 0.3) is 5.82 Å². The van der Waals surface area contributed by atoms with Crippen molar-refractivity contribution in [1.29, 1.82) is 0 Å². The molecule has 1 saturated heterocycles. The molecule has 168 valence electrons. The lowest BCUT2D eigenvalue weighted by molar-refractivity contribution is -0.137. The Kier molecular flexibility index (Phi) is 5.72. The highest BCUT2D eigenvalue weighted by Gasteiger charge is 2.31. The van der Waals surface area contributed by atoms with Gasteiger partial charge < -0.3 is 14.6 Å². The third-order valence-corrected chi connectivity index (χ3v) is 5.40. The third kappa shape index (κ3) is 4.36. The summed E-state index contributed by atoms with van der Waals surface area (Å²) in [7, 11) is 0. The van der Waals surface area contributed by atoms with E-state index in [4.69, 9.17) is 4.42 Å². The van der Waals surface area contributed by atoms with Gasteiger partial charge in [0, 0.05) is 25.3 Å². The van der Waals surface area contributed by atoms with Crippen LogP contribution in [0.2, 0.25) is 0 Å². The Balaban J connectivity index is 1.38. The maximum absolute atomic E-state index is 12.7. The molecule has 0 spiro atoms. The van der Waals surface area contributed by atoms with Crippen molar-refractivity contribution >= 4 is 11.8 Å². The van der Waals surface area contributed by atoms with Crippen molar-refractivity contribution in [3.8, 4) is 5.82 Å². The molecule has 0 atom stereocenters. The summed E-state index contributed by atoms with van der Waals surface area (Å²) >= 11 is 0. The molecule has 11 heteroatoms. The Bertz CT molecular complexity index is 1100. The fourth-order valence-electron chi connectivity index (χ4n) is 3.59. The van der Waals surface area contributed by atoms with Gasteiger partial charge in [-0.05, 0) is 44.0 Å². The number of halogens is 3. The van der Waals surface area contributed by atoms with Crippen molar-refractivity contribution in [1.82, 2.24) is 25.0 Å². The largest absolute Gasteiger partial charge is 0.459 e. The van der Waals surface area contributed by atoms with Crippen LogP contribution in [-0.4, -0.2) is 50.6 Å². The summed E-state index contributed by atoms with van der Waals surface area (Å²) in [5.41, 5.74) is -0.0955. The molecule has 3 aromatic heterocycles. The number of likely N-dealkylation sites (tertiary alicyclic amines) is 1. The molecule has 0 saturated carbocycles. The van der Waals surface area contributed by atoms with Gasteiger partial charge in [0.05, 0.1) is 29.3 Å².